The number of amides is 2. The molecule has 8 heteroatoms. The lowest BCUT2D eigenvalue weighted by Crippen LogP contribution is -2.21. The molecule has 0 aliphatic rings. The SMILES string of the molecule is COc1ccc2ccccc2c1/C=C(\C#N)C(=O)Nc1sc(C(=O)N(C)C)c(C)c1C#N. The minimum atomic E-state index is -0.677. The van der Waals surface area contributed by atoms with Crippen molar-refractivity contribution >= 4 is 45.0 Å². The van der Waals surface area contributed by atoms with Crippen LogP contribution in [0, 0.1) is 29.6 Å². The number of thiophene rings is 1. The number of ether oxygens (including phenoxy) is 1. The molecule has 0 fully saturated rings. The van der Waals surface area contributed by atoms with E-state index < -0.39 is 5.91 Å². The van der Waals surface area contributed by atoms with Gasteiger partial charge < -0.3 is 15.0 Å². The number of fused-ring (bicyclic) bond motifs is 1. The van der Waals surface area contributed by atoms with E-state index in [4.69, 9.17) is 4.74 Å². The van der Waals surface area contributed by atoms with Crippen molar-refractivity contribution in [1.29, 1.82) is 10.5 Å². The number of methoxy groups -OCH3 is 1. The van der Waals surface area contributed by atoms with Crippen molar-refractivity contribution in [2.45, 2.75) is 6.92 Å². The highest BCUT2D eigenvalue weighted by Gasteiger charge is 2.23. The van der Waals surface area contributed by atoms with Gasteiger partial charge in [0.15, 0.2) is 0 Å². The molecular weight excluding hydrogens is 424 g/mol. The first-order valence-electron chi connectivity index (χ1n) is 9.56. The minimum absolute atomic E-state index is 0.157. The summed E-state index contributed by atoms with van der Waals surface area (Å²) in [5.41, 5.74) is 1.14. The van der Waals surface area contributed by atoms with Crippen LogP contribution in [0.4, 0.5) is 5.00 Å². The summed E-state index contributed by atoms with van der Waals surface area (Å²) in [7, 11) is 4.74. The second-order valence-electron chi connectivity index (χ2n) is 7.10. The lowest BCUT2D eigenvalue weighted by Gasteiger charge is -2.10. The summed E-state index contributed by atoms with van der Waals surface area (Å²) in [5, 5.41) is 23.8. The lowest BCUT2D eigenvalue weighted by atomic mass is 10.0. The van der Waals surface area contributed by atoms with E-state index in [1.807, 2.05) is 42.5 Å². The van der Waals surface area contributed by atoms with Crippen LogP contribution >= 0.6 is 11.3 Å². The van der Waals surface area contributed by atoms with Gasteiger partial charge in [-0.15, -0.1) is 11.3 Å². The van der Waals surface area contributed by atoms with E-state index in [0.29, 0.717) is 21.8 Å². The largest absolute Gasteiger partial charge is 0.496 e. The third-order valence-corrected chi connectivity index (χ3v) is 6.09. The Balaban J connectivity index is 2.04. The van der Waals surface area contributed by atoms with Gasteiger partial charge in [0.1, 0.15) is 28.5 Å². The summed E-state index contributed by atoms with van der Waals surface area (Å²) in [6.45, 7) is 1.66. The Morgan fingerprint density at radius 2 is 1.88 bits per heavy atom. The highest BCUT2D eigenvalue weighted by Crippen LogP contribution is 2.34. The van der Waals surface area contributed by atoms with Gasteiger partial charge in [-0.1, -0.05) is 30.3 Å². The number of nitrogens with zero attached hydrogens (tertiary/aromatic N) is 3. The molecule has 2 amide bonds. The van der Waals surface area contributed by atoms with Gasteiger partial charge in [-0.05, 0) is 35.4 Å². The van der Waals surface area contributed by atoms with Crippen LogP contribution in [0.3, 0.4) is 0 Å². The molecule has 32 heavy (non-hydrogen) atoms. The monoisotopic (exact) mass is 444 g/mol. The summed E-state index contributed by atoms with van der Waals surface area (Å²) in [5.74, 6) is -0.419. The van der Waals surface area contributed by atoms with Crippen LogP contribution in [0.2, 0.25) is 0 Å². The average Bonchev–Trinajstić information content (AvgIpc) is 3.10. The molecule has 1 aromatic heterocycles. The first kappa shape index (κ1) is 22.5. The summed E-state index contributed by atoms with van der Waals surface area (Å²) < 4.78 is 5.43. The van der Waals surface area contributed by atoms with Crippen LogP contribution in [-0.2, 0) is 4.79 Å². The van der Waals surface area contributed by atoms with Crippen molar-refractivity contribution in [3.63, 3.8) is 0 Å². The third kappa shape index (κ3) is 4.18. The number of rotatable bonds is 5. The van der Waals surface area contributed by atoms with Gasteiger partial charge in [0.05, 0.1) is 17.6 Å². The van der Waals surface area contributed by atoms with E-state index in [1.165, 1.54) is 18.1 Å². The molecule has 1 N–H and O–H groups in total. The molecule has 0 radical (unpaired) electrons. The third-order valence-electron chi connectivity index (χ3n) is 4.89. The molecule has 0 bridgehead atoms. The number of benzene rings is 2. The zero-order valence-corrected chi connectivity index (χ0v) is 18.8. The van der Waals surface area contributed by atoms with Gasteiger partial charge in [-0.25, -0.2) is 0 Å². The number of carbonyl (C=O) groups is 2. The Hall–Kier alpha value is -4.14. The Morgan fingerprint density at radius 1 is 1.16 bits per heavy atom. The first-order chi connectivity index (χ1) is 15.3. The maximum absolute atomic E-state index is 12.9. The van der Waals surface area contributed by atoms with Crippen LogP contribution in [0.5, 0.6) is 5.75 Å². The molecule has 0 unspecified atom stereocenters. The van der Waals surface area contributed by atoms with E-state index in [-0.39, 0.29) is 22.0 Å². The molecule has 3 aromatic rings. The predicted octanol–water partition coefficient (Wildman–Crippen LogP) is 4.34. The second kappa shape index (κ2) is 9.34. The van der Waals surface area contributed by atoms with E-state index in [2.05, 4.69) is 5.32 Å². The fourth-order valence-corrected chi connectivity index (χ4v) is 4.38. The number of anilines is 1. The lowest BCUT2D eigenvalue weighted by molar-refractivity contribution is -0.112. The summed E-state index contributed by atoms with van der Waals surface area (Å²) >= 11 is 1.01. The standard InChI is InChI=1S/C24H20N4O3S/c1-14-19(13-26)23(32-21(14)24(30)28(2)3)27-22(29)16(12-25)11-18-17-8-6-5-7-15(17)9-10-20(18)31-4/h5-11H,1-4H3,(H,27,29)/b16-11+. The number of hydrogen-bond acceptors (Lipinski definition) is 6. The normalized spacial score (nSPS) is 10.9. The van der Waals surface area contributed by atoms with E-state index >= 15 is 0 Å². The molecule has 0 atom stereocenters. The number of hydrogen-bond donors (Lipinski definition) is 1. The van der Waals surface area contributed by atoms with Crippen molar-refractivity contribution in [2.24, 2.45) is 0 Å². The summed E-state index contributed by atoms with van der Waals surface area (Å²) in [4.78, 5) is 27.1. The fraction of sp³-hybridized carbons (Fsp3) is 0.167. The Morgan fingerprint density at radius 3 is 2.50 bits per heavy atom. The highest BCUT2D eigenvalue weighted by atomic mass is 32.1. The maximum atomic E-state index is 12.9. The number of carbonyl (C=O) groups excluding carboxylic acids is 2. The zero-order chi connectivity index (χ0) is 23.4. The maximum Gasteiger partial charge on any atom is 0.266 e. The van der Waals surface area contributed by atoms with Crippen LogP contribution in [0.25, 0.3) is 16.8 Å². The van der Waals surface area contributed by atoms with Crippen molar-refractivity contribution < 1.29 is 14.3 Å². The molecule has 7 nitrogen and oxygen atoms in total. The molecule has 0 aliphatic carbocycles. The van der Waals surface area contributed by atoms with Gasteiger partial charge in [-0.3, -0.25) is 9.59 Å². The van der Waals surface area contributed by atoms with Crippen LogP contribution in [0.1, 0.15) is 26.4 Å². The molecule has 3 rings (SSSR count). The topological polar surface area (TPSA) is 106 Å². The van der Waals surface area contributed by atoms with Gasteiger partial charge in [-0.2, -0.15) is 10.5 Å². The molecule has 160 valence electrons. The molecular formula is C24H20N4O3S. The zero-order valence-electron chi connectivity index (χ0n) is 18.0. The van der Waals surface area contributed by atoms with Crippen molar-refractivity contribution in [3.8, 4) is 17.9 Å². The van der Waals surface area contributed by atoms with Gasteiger partial charge in [0.25, 0.3) is 11.8 Å². The van der Waals surface area contributed by atoms with E-state index in [1.54, 1.807) is 27.1 Å². The Labute approximate surface area is 189 Å². The molecule has 0 saturated heterocycles. The molecule has 0 spiro atoms. The van der Waals surface area contributed by atoms with E-state index in [9.17, 15) is 20.1 Å². The molecule has 2 aromatic carbocycles. The van der Waals surface area contributed by atoms with E-state index in [0.717, 1.165) is 22.1 Å². The molecule has 0 aliphatic heterocycles. The van der Waals surface area contributed by atoms with Crippen LogP contribution in [-0.4, -0.2) is 37.9 Å². The summed E-state index contributed by atoms with van der Waals surface area (Å²) in [6, 6.07) is 15.2. The quantitative estimate of drug-likeness (QED) is 0.465. The van der Waals surface area contributed by atoms with Crippen molar-refractivity contribution in [1.82, 2.24) is 4.90 Å². The smallest absolute Gasteiger partial charge is 0.266 e. The number of nitriles is 2. The van der Waals surface area contributed by atoms with Crippen LogP contribution in [0.15, 0.2) is 42.0 Å². The second-order valence-corrected chi connectivity index (χ2v) is 8.12. The van der Waals surface area contributed by atoms with Gasteiger partial charge in [0, 0.05) is 19.7 Å². The average molecular weight is 445 g/mol. The van der Waals surface area contributed by atoms with Crippen LogP contribution < -0.4 is 10.1 Å². The first-order valence-corrected chi connectivity index (χ1v) is 10.4. The highest BCUT2D eigenvalue weighted by molar-refractivity contribution is 7.18. The van der Waals surface area contributed by atoms with Crippen molar-refractivity contribution in [2.75, 3.05) is 26.5 Å². The van der Waals surface area contributed by atoms with Gasteiger partial charge >= 0.3 is 0 Å². The fourth-order valence-electron chi connectivity index (χ4n) is 3.21. The Bertz CT molecular complexity index is 1340. The molecule has 1 heterocycles. The number of nitrogens with one attached hydrogen (secondary N) is 1. The predicted molar refractivity (Wildman–Crippen MR) is 125 cm³/mol. The van der Waals surface area contributed by atoms with Gasteiger partial charge in [0.2, 0.25) is 0 Å². The minimum Gasteiger partial charge on any atom is -0.496 e. The summed E-state index contributed by atoms with van der Waals surface area (Å²) in [6.07, 6.45) is 1.47. The van der Waals surface area contributed by atoms with Crippen molar-refractivity contribution in [3.05, 3.63) is 63.5 Å². The Kier molecular flexibility index (Phi) is 6.58. The molecule has 0 saturated carbocycles.